The normalized spacial score (nSPS) is 13.8. The molecular formula is C13H19N7O2. The van der Waals surface area contributed by atoms with Gasteiger partial charge in [-0.25, -0.2) is 0 Å². The molecule has 1 saturated heterocycles. The molecule has 1 amide bonds. The van der Waals surface area contributed by atoms with Gasteiger partial charge in [-0.3, -0.25) is 14.9 Å². The number of aromatic amines is 1. The lowest BCUT2D eigenvalue weighted by molar-refractivity contribution is 0.100. The summed E-state index contributed by atoms with van der Waals surface area (Å²) in [7, 11) is 0. The molecule has 9 nitrogen and oxygen atoms in total. The fourth-order valence-corrected chi connectivity index (χ4v) is 1.78. The van der Waals surface area contributed by atoms with Gasteiger partial charge in [0.15, 0.2) is 5.82 Å². The highest BCUT2D eigenvalue weighted by molar-refractivity contribution is 6.02. The van der Waals surface area contributed by atoms with Crippen molar-refractivity contribution in [1.82, 2.24) is 20.5 Å². The van der Waals surface area contributed by atoms with Gasteiger partial charge in [-0.05, 0) is 12.1 Å². The van der Waals surface area contributed by atoms with Crippen LogP contribution in [0.4, 0.5) is 17.3 Å². The van der Waals surface area contributed by atoms with Gasteiger partial charge in [0.05, 0.1) is 25.1 Å². The summed E-state index contributed by atoms with van der Waals surface area (Å²) >= 11 is 0. The van der Waals surface area contributed by atoms with Crippen LogP contribution >= 0.6 is 0 Å². The second-order valence-corrected chi connectivity index (χ2v) is 4.45. The summed E-state index contributed by atoms with van der Waals surface area (Å²) in [4.78, 5) is 15.0. The Morgan fingerprint density at radius 3 is 2.64 bits per heavy atom. The number of H-pyrrole nitrogens is 1. The number of nitrogens with two attached hydrogens (primary N) is 2. The van der Waals surface area contributed by atoms with Gasteiger partial charge in [0, 0.05) is 19.3 Å². The predicted molar refractivity (Wildman–Crippen MR) is 82.7 cm³/mol. The first-order chi connectivity index (χ1) is 10.7. The summed E-state index contributed by atoms with van der Waals surface area (Å²) in [6.07, 6.45) is 3.23. The number of pyridine rings is 1. The third-order valence-electron chi connectivity index (χ3n) is 2.81. The Kier molecular flexibility index (Phi) is 5.69. The fourth-order valence-electron chi connectivity index (χ4n) is 1.78. The molecule has 0 atom stereocenters. The number of hydrogen-bond acceptors (Lipinski definition) is 7. The average molecular weight is 305 g/mol. The Morgan fingerprint density at radius 1 is 1.36 bits per heavy atom. The molecular weight excluding hydrogens is 286 g/mol. The number of rotatable bonds is 3. The molecule has 0 spiro atoms. The number of morpholine rings is 1. The zero-order valence-corrected chi connectivity index (χ0v) is 12.0. The number of carbonyl (C=O) groups excluding carboxylic acids is 1. The number of anilines is 3. The van der Waals surface area contributed by atoms with E-state index in [1.165, 1.54) is 0 Å². The van der Waals surface area contributed by atoms with Crippen LogP contribution in [0.5, 0.6) is 0 Å². The van der Waals surface area contributed by atoms with Crippen molar-refractivity contribution in [3.8, 4) is 0 Å². The van der Waals surface area contributed by atoms with E-state index in [0.717, 1.165) is 26.3 Å². The summed E-state index contributed by atoms with van der Waals surface area (Å²) in [6.45, 7) is 3.83. The quantitative estimate of drug-likeness (QED) is 0.529. The topological polar surface area (TPSA) is 144 Å². The Labute approximate surface area is 127 Å². The van der Waals surface area contributed by atoms with Gasteiger partial charge in [-0.2, -0.15) is 5.10 Å². The molecule has 1 aliphatic rings. The second kappa shape index (κ2) is 7.96. The zero-order valence-electron chi connectivity index (χ0n) is 12.0. The van der Waals surface area contributed by atoms with E-state index in [2.05, 4.69) is 25.8 Å². The SMILES string of the molecule is C1COCCN1.NC(=O)c1c(Nc2cccnc2)n[nH]c1N. The van der Waals surface area contributed by atoms with Crippen molar-refractivity contribution in [2.75, 3.05) is 37.4 Å². The van der Waals surface area contributed by atoms with E-state index in [4.69, 9.17) is 16.2 Å². The smallest absolute Gasteiger partial charge is 0.256 e. The van der Waals surface area contributed by atoms with Gasteiger partial charge in [0.25, 0.3) is 5.91 Å². The highest BCUT2D eigenvalue weighted by Crippen LogP contribution is 2.21. The van der Waals surface area contributed by atoms with Crippen LogP contribution in [0.15, 0.2) is 24.5 Å². The van der Waals surface area contributed by atoms with E-state index in [-0.39, 0.29) is 17.2 Å². The monoisotopic (exact) mass is 305 g/mol. The minimum absolute atomic E-state index is 0.138. The molecule has 0 bridgehead atoms. The zero-order chi connectivity index (χ0) is 15.8. The van der Waals surface area contributed by atoms with Gasteiger partial charge in [-0.1, -0.05) is 0 Å². The minimum atomic E-state index is -0.641. The number of nitrogens with one attached hydrogen (secondary N) is 3. The lowest BCUT2D eigenvalue weighted by Gasteiger charge is -2.10. The number of carbonyl (C=O) groups is 1. The predicted octanol–water partition coefficient (Wildman–Crippen LogP) is -0.164. The number of nitrogen functional groups attached to an aromatic ring is 1. The first-order valence-corrected chi connectivity index (χ1v) is 6.77. The standard InChI is InChI=1S/C9H10N6O.C4H9NO/c10-7-6(8(11)16)9(15-14-7)13-5-2-1-3-12-4-5;1-3-6-4-2-5-1/h1-4H,(H2,11,16)(H4,10,13,14,15);5H,1-4H2. The molecule has 1 aliphatic heterocycles. The van der Waals surface area contributed by atoms with Crippen LogP contribution in [0.2, 0.25) is 0 Å². The molecule has 3 heterocycles. The van der Waals surface area contributed by atoms with Crippen molar-refractivity contribution >= 4 is 23.2 Å². The van der Waals surface area contributed by atoms with Crippen LogP contribution in [-0.2, 0) is 4.74 Å². The van der Waals surface area contributed by atoms with E-state index >= 15 is 0 Å². The maximum Gasteiger partial charge on any atom is 0.256 e. The number of ether oxygens (including phenoxy) is 1. The summed E-state index contributed by atoms with van der Waals surface area (Å²) in [5.41, 5.74) is 11.5. The largest absolute Gasteiger partial charge is 0.383 e. The molecule has 0 unspecified atom stereocenters. The Balaban J connectivity index is 0.000000246. The van der Waals surface area contributed by atoms with Crippen molar-refractivity contribution in [2.24, 2.45) is 5.73 Å². The summed E-state index contributed by atoms with van der Waals surface area (Å²) in [6, 6.07) is 3.53. The molecule has 2 aromatic rings. The Morgan fingerprint density at radius 2 is 2.14 bits per heavy atom. The summed E-state index contributed by atoms with van der Waals surface area (Å²) < 4.78 is 5.01. The van der Waals surface area contributed by atoms with Crippen molar-refractivity contribution in [3.63, 3.8) is 0 Å². The van der Waals surface area contributed by atoms with E-state index in [9.17, 15) is 4.79 Å². The molecule has 7 N–H and O–H groups in total. The van der Waals surface area contributed by atoms with E-state index in [1.807, 2.05) is 0 Å². The van der Waals surface area contributed by atoms with Crippen molar-refractivity contribution < 1.29 is 9.53 Å². The lowest BCUT2D eigenvalue weighted by Crippen LogP contribution is -2.30. The number of amides is 1. The molecule has 0 saturated carbocycles. The van der Waals surface area contributed by atoms with Gasteiger partial charge >= 0.3 is 0 Å². The summed E-state index contributed by atoms with van der Waals surface area (Å²) in [5.74, 6) is -0.213. The van der Waals surface area contributed by atoms with E-state index in [1.54, 1.807) is 24.5 Å². The maximum atomic E-state index is 11.1. The highest BCUT2D eigenvalue weighted by Gasteiger charge is 2.16. The van der Waals surface area contributed by atoms with Gasteiger partial charge in [-0.15, -0.1) is 0 Å². The molecule has 1 fully saturated rings. The van der Waals surface area contributed by atoms with Crippen LogP contribution in [0, 0.1) is 0 Å². The molecule has 0 aliphatic carbocycles. The van der Waals surface area contributed by atoms with E-state index < -0.39 is 5.91 Å². The van der Waals surface area contributed by atoms with Gasteiger partial charge in [0.2, 0.25) is 0 Å². The lowest BCUT2D eigenvalue weighted by atomic mass is 10.3. The molecule has 0 aromatic carbocycles. The Bertz CT molecular complexity index is 584. The molecule has 118 valence electrons. The van der Waals surface area contributed by atoms with Crippen LogP contribution in [-0.4, -0.2) is 47.4 Å². The van der Waals surface area contributed by atoms with E-state index in [0.29, 0.717) is 5.69 Å². The third kappa shape index (κ3) is 4.43. The minimum Gasteiger partial charge on any atom is -0.383 e. The van der Waals surface area contributed by atoms with Crippen molar-refractivity contribution in [3.05, 3.63) is 30.1 Å². The summed E-state index contributed by atoms with van der Waals surface area (Å²) in [5, 5.41) is 12.4. The van der Waals surface area contributed by atoms with Crippen LogP contribution < -0.4 is 22.1 Å². The molecule has 3 rings (SSSR count). The number of primary amides is 1. The first-order valence-electron chi connectivity index (χ1n) is 6.77. The number of nitrogens with zero attached hydrogens (tertiary/aromatic N) is 2. The fraction of sp³-hybridized carbons (Fsp3) is 0.308. The van der Waals surface area contributed by atoms with Crippen molar-refractivity contribution in [2.45, 2.75) is 0 Å². The average Bonchev–Trinajstić information content (AvgIpc) is 2.91. The van der Waals surface area contributed by atoms with Crippen LogP contribution in [0.1, 0.15) is 10.4 Å². The van der Waals surface area contributed by atoms with Crippen LogP contribution in [0.3, 0.4) is 0 Å². The van der Waals surface area contributed by atoms with Gasteiger partial charge in [0.1, 0.15) is 11.4 Å². The highest BCUT2D eigenvalue weighted by atomic mass is 16.5. The van der Waals surface area contributed by atoms with Gasteiger partial charge < -0.3 is 26.8 Å². The molecule has 9 heteroatoms. The maximum absolute atomic E-state index is 11.1. The van der Waals surface area contributed by atoms with Crippen LogP contribution in [0.25, 0.3) is 0 Å². The second-order valence-electron chi connectivity index (χ2n) is 4.45. The van der Waals surface area contributed by atoms with Crippen molar-refractivity contribution in [1.29, 1.82) is 0 Å². The first kappa shape index (κ1) is 15.7. The third-order valence-corrected chi connectivity index (χ3v) is 2.81. The molecule has 0 radical (unpaired) electrons. The number of aromatic nitrogens is 3. The Hall–Kier alpha value is -2.65. The molecule has 2 aromatic heterocycles. The molecule has 22 heavy (non-hydrogen) atoms. The number of hydrogen-bond donors (Lipinski definition) is 5.